The summed E-state index contributed by atoms with van der Waals surface area (Å²) >= 11 is 1.35. The summed E-state index contributed by atoms with van der Waals surface area (Å²) in [6, 6.07) is 3.62. The zero-order valence-electron chi connectivity index (χ0n) is 13.2. The van der Waals surface area contributed by atoms with Gasteiger partial charge in [-0.2, -0.15) is 9.36 Å². The highest BCUT2D eigenvalue weighted by Crippen LogP contribution is 2.27. The largest absolute Gasteiger partial charge is 0.348 e. The Morgan fingerprint density at radius 3 is 2.83 bits per heavy atom. The lowest BCUT2D eigenvalue weighted by Gasteiger charge is -2.17. The van der Waals surface area contributed by atoms with Crippen LogP contribution in [0.5, 0.6) is 0 Å². The molecule has 0 amide bonds. The molecule has 0 aliphatic rings. The van der Waals surface area contributed by atoms with E-state index in [2.05, 4.69) is 43.6 Å². The van der Waals surface area contributed by atoms with Crippen LogP contribution >= 0.6 is 11.5 Å². The van der Waals surface area contributed by atoms with Crippen LogP contribution in [0.15, 0.2) is 29.0 Å². The smallest absolute Gasteiger partial charge is 0.249 e. The van der Waals surface area contributed by atoms with Gasteiger partial charge in [-0.25, -0.2) is 4.98 Å². The van der Waals surface area contributed by atoms with Crippen molar-refractivity contribution in [2.45, 2.75) is 33.2 Å². The first-order valence-electron chi connectivity index (χ1n) is 7.50. The molecule has 0 aliphatic heterocycles. The first-order chi connectivity index (χ1) is 11.2. The topological polar surface area (TPSA) is 89.6 Å². The average molecular weight is 330 g/mol. The third-order valence-corrected chi connectivity index (χ3v) is 4.04. The van der Waals surface area contributed by atoms with Crippen molar-refractivity contribution >= 4 is 16.7 Å². The van der Waals surface area contributed by atoms with Gasteiger partial charge in [-0.1, -0.05) is 25.9 Å². The van der Waals surface area contributed by atoms with Crippen LogP contribution in [0, 0.1) is 5.92 Å². The van der Waals surface area contributed by atoms with Crippen molar-refractivity contribution in [3.05, 3.63) is 36.2 Å². The van der Waals surface area contributed by atoms with E-state index in [1.165, 1.54) is 11.5 Å². The molecule has 1 atom stereocenters. The Balaban J connectivity index is 1.83. The van der Waals surface area contributed by atoms with Gasteiger partial charge in [-0.3, -0.25) is 4.98 Å². The van der Waals surface area contributed by atoms with Gasteiger partial charge in [-0.05, 0) is 18.1 Å². The van der Waals surface area contributed by atoms with Gasteiger partial charge < -0.3 is 9.84 Å². The Bertz CT molecular complexity index is 754. The molecule has 0 radical (unpaired) electrons. The summed E-state index contributed by atoms with van der Waals surface area (Å²) in [6.07, 6.45) is 4.24. The van der Waals surface area contributed by atoms with Gasteiger partial charge in [0.2, 0.25) is 16.8 Å². The molecule has 0 bridgehead atoms. The van der Waals surface area contributed by atoms with E-state index < -0.39 is 0 Å². The van der Waals surface area contributed by atoms with Gasteiger partial charge in [0, 0.05) is 35.9 Å². The molecule has 3 aromatic heterocycles. The van der Waals surface area contributed by atoms with Crippen LogP contribution in [-0.2, 0) is 6.42 Å². The van der Waals surface area contributed by atoms with E-state index in [4.69, 9.17) is 4.52 Å². The molecule has 3 rings (SSSR count). The minimum atomic E-state index is -0.120. The van der Waals surface area contributed by atoms with E-state index in [-0.39, 0.29) is 12.0 Å². The predicted octanol–water partition coefficient (Wildman–Crippen LogP) is 3.35. The standard InChI is InChI=1S/C15H18N6OS/c1-4-11-17-15(23-21-11)18-12(9(2)3)14-19-13(20-22-14)10-6-5-7-16-8-10/h5-9,12H,4H2,1-3H3,(H,17,18,21). The quantitative estimate of drug-likeness (QED) is 0.741. The van der Waals surface area contributed by atoms with E-state index in [0.29, 0.717) is 11.7 Å². The Kier molecular flexibility index (Phi) is 4.61. The fraction of sp³-hybridized carbons (Fsp3) is 0.400. The number of nitrogens with one attached hydrogen (secondary N) is 1. The lowest BCUT2D eigenvalue weighted by molar-refractivity contribution is 0.336. The Hall–Kier alpha value is -2.35. The van der Waals surface area contributed by atoms with Crippen molar-refractivity contribution in [3.8, 4) is 11.4 Å². The molecule has 0 aromatic carbocycles. The number of anilines is 1. The van der Waals surface area contributed by atoms with Crippen molar-refractivity contribution in [3.63, 3.8) is 0 Å². The average Bonchev–Trinajstić information content (AvgIpc) is 3.22. The molecule has 0 saturated carbocycles. The van der Waals surface area contributed by atoms with Crippen molar-refractivity contribution < 1.29 is 4.52 Å². The normalized spacial score (nSPS) is 12.5. The SMILES string of the molecule is CCc1nsc(NC(c2nc(-c3cccnc3)no2)C(C)C)n1. The Morgan fingerprint density at radius 1 is 1.30 bits per heavy atom. The second kappa shape index (κ2) is 6.82. The highest BCUT2D eigenvalue weighted by atomic mass is 32.1. The fourth-order valence-corrected chi connectivity index (χ4v) is 2.76. The maximum atomic E-state index is 5.45. The molecule has 23 heavy (non-hydrogen) atoms. The predicted molar refractivity (Wildman–Crippen MR) is 88.0 cm³/mol. The van der Waals surface area contributed by atoms with Crippen molar-refractivity contribution in [2.24, 2.45) is 5.92 Å². The van der Waals surface area contributed by atoms with Crippen LogP contribution in [0.4, 0.5) is 5.13 Å². The molecule has 120 valence electrons. The first kappa shape index (κ1) is 15.5. The van der Waals surface area contributed by atoms with Crippen LogP contribution < -0.4 is 5.32 Å². The van der Waals surface area contributed by atoms with Gasteiger partial charge in [0.25, 0.3) is 0 Å². The van der Waals surface area contributed by atoms with Crippen LogP contribution in [-0.4, -0.2) is 24.5 Å². The molecule has 0 fully saturated rings. The number of nitrogens with zero attached hydrogens (tertiary/aromatic N) is 5. The first-order valence-corrected chi connectivity index (χ1v) is 8.27. The lowest BCUT2D eigenvalue weighted by Crippen LogP contribution is -2.17. The van der Waals surface area contributed by atoms with Crippen LogP contribution in [0.2, 0.25) is 0 Å². The van der Waals surface area contributed by atoms with Crippen LogP contribution in [0.1, 0.15) is 38.5 Å². The van der Waals surface area contributed by atoms with Gasteiger partial charge >= 0.3 is 0 Å². The van der Waals surface area contributed by atoms with Crippen LogP contribution in [0.25, 0.3) is 11.4 Å². The highest BCUT2D eigenvalue weighted by molar-refractivity contribution is 7.09. The number of aryl methyl sites for hydroxylation is 1. The lowest BCUT2D eigenvalue weighted by atomic mass is 10.0. The molecule has 0 spiro atoms. The molecule has 0 saturated heterocycles. The van der Waals surface area contributed by atoms with E-state index >= 15 is 0 Å². The molecule has 1 N–H and O–H groups in total. The molecule has 1 unspecified atom stereocenters. The highest BCUT2D eigenvalue weighted by Gasteiger charge is 2.24. The number of hydrogen-bond donors (Lipinski definition) is 1. The fourth-order valence-electron chi connectivity index (χ4n) is 2.08. The third kappa shape index (κ3) is 3.53. The van der Waals surface area contributed by atoms with E-state index in [0.717, 1.165) is 22.9 Å². The minimum absolute atomic E-state index is 0.120. The second-order valence-corrected chi connectivity index (χ2v) is 6.19. The second-order valence-electron chi connectivity index (χ2n) is 5.43. The zero-order valence-corrected chi connectivity index (χ0v) is 14.0. The number of hydrogen-bond acceptors (Lipinski definition) is 8. The molecule has 7 nitrogen and oxygen atoms in total. The Labute approximate surface area is 138 Å². The van der Waals surface area contributed by atoms with Crippen molar-refractivity contribution in [1.29, 1.82) is 0 Å². The van der Waals surface area contributed by atoms with Crippen LogP contribution in [0.3, 0.4) is 0 Å². The number of pyridine rings is 1. The van der Waals surface area contributed by atoms with E-state index in [1.54, 1.807) is 12.4 Å². The minimum Gasteiger partial charge on any atom is -0.348 e. The van der Waals surface area contributed by atoms with E-state index in [1.807, 2.05) is 19.1 Å². The summed E-state index contributed by atoms with van der Waals surface area (Å²) in [5.41, 5.74) is 0.828. The molecule has 3 aromatic rings. The van der Waals surface area contributed by atoms with Gasteiger partial charge in [0.1, 0.15) is 11.9 Å². The maximum Gasteiger partial charge on any atom is 0.249 e. The third-order valence-electron chi connectivity index (χ3n) is 3.36. The molecular weight excluding hydrogens is 312 g/mol. The van der Waals surface area contributed by atoms with E-state index in [9.17, 15) is 0 Å². The van der Waals surface area contributed by atoms with Crippen molar-refractivity contribution in [2.75, 3.05) is 5.32 Å². The molecule has 0 aliphatic carbocycles. The molecule has 3 heterocycles. The maximum absolute atomic E-state index is 5.45. The van der Waals surface area contributed by atoms with Gasteiger partial charge in [0.15, 0.2) is 0 Å². The summed E-state index contributed by atoms with van der Waals surface area (Å²) in [7, 11) is 0. The summed E-state index contributed by atoms with van der Waals surface area (Å²) < 4.78 is 9.74. The molecular formula is C15H18N6OS. The number of aromatic nitrogens is 5. The summed E-state index contributed by atoms with van der Waals surface area (Å²) in [4.78, 5) is 13.0. The monoisotopic (exact) mass is 330 g/mol. The summed E-state index contributed by atoms with van der Waals surface area (Å²) in [5.74, 6) is 2.16. The van der Waals surface area contributed by atoms with Gasteiger partial charge in [0.05, 0.1) is 0 Å². The molecule has 8 heteroatoms. The Morgan fingerprint density at radius 2 is 2.17 bits per heavy atom. The van der Waals surface area contributed by atoms with Gasteiger partial charge in [-0.15, -0.1) is 0 Å². The summed E-state index contributed by atoms with van der Waals surface area (Å²) in [6.45, 7) is 6.21. The summed E-state index contributed by atoms with van der Waals surface area (Å²) in [5, 5.41) is 8.17. The van der Waals surface area contributed by atoms with Crippen molar-refractivity contribution in [1.82, 2.24) is 24.5 Å². The zero-order chi connectivity index (χ0) is 16.2. The number of rotatable bonds is 6.